The number of hydrogen-bond donors (Lipinski definition) is 1. The molecule has 0 saturated heterocycles. The third kappa shape index (κ3) is 5.72. The Labute approximate surface area is 115 Å². The molecule has 1 aliphatic carbocycles. The molecule has 1 unspecified atom stereocenters. The van der Waals surface area contributed by atoms with Crippen molar-refractivity contribution in [3.63, 3.8) is 0 Å². The molecule has 0 spiro atoms. The Balaban J connectivity index is 2.45. The van der Waals surface area contributed by atoms with Gasteiger partial charge in [0.1, 0.15) is 0 Å². The first-order valence-electron chi connectivity index (χ1n) is 7.64. The third-order valence-electron chi connectivity index (χ3n) is 4.33. The minimum Gasteiger partial charge on any atom is -0.314 e. The van der Waals surface area contributed by atoms with E-state index in [-0.39, 0.29) is 0 Å². The summed E-state index contributed by atoms with van der Waals surface area (Å²) in [6.45, 7) is 7.37. The van der Waals surface area contributed by atoms with E-state index in [1.54, 1.807) is 0 Å². The maximum absolute atomic E-state index is 12.7. The van der Waals surface area contributed by atoms with Crippen molar-refractivity contribution in [1.29, 1.82) is 0 Å². The summed E-state index contributed by atoms with van der Waals surface area (Å²) >= 11 is 0. The molecule has 1 atom stereocenters. The predicted molar refractivity (Wildman–Crippen MR) is 73.0 cm³/mol. The Morgan fingerprint density at radius 2 is 1.63 bits per heavy atom. The highest BCUT2D eigenvalue weighted by molar-refractivity contribution is 4.84. The summed E-state index contributed by atoms with van der Waals surface area (Å²) in [4.78, 5) is 0. The van der Waals surface area contributed by atoms with E-state index in [0.717, 1.165) is 32.2 Å². The zero-order chi connectivity index (χ0) is 14.5. The maximum Gasteiger partial charge on any atom is 0.391 e. The van der Waals surface area contributed by atoms with E-state index in [9.17, 15) is 13.2 Å². The lowest BCUT2D eigenvalue weighted by Gasteiger charge is -2.35. The SMILES string of the molecule is CCNC(CCC(C)C)C1CCC(C(F)(F)F)CC1. The normalized spacial score (nSPS) is 26.7. The van der Waals surface area contributed by atoms with Crippen molar-refractivity contribution < 1.29 is 13.2 Å². The second kappa shape index (κ2) is 7.51. The minimum absolute atomic E-state index is 0.317. The first-order chi connectivity index (χ1) is 8.84. The van der Waals surface area contributed by atoms with Crippen LogP contribution in [0.25, 0.3) is 0 Å². The molecule has 1 N–H and O–H groups in total. The summed E-state index contributed by atoms with van der Waals surface area (Å²) in [5.41, 5.74) is 0. The quantitative estimate of drug-likeness (QED) is 0.738. The highest BCUT2D eigenvalue weighted by Crippen LogP contribution is 2.40. The molecular weight excluding hydrogens is 251 g/mol. The average Bonchev–Trinajstić information content (AvgIpc) is 2.33. The predicted octanol–water partition coefficient (Wildman–Crippen LogP) is 4.77. The van der Waals surface area contributed by atoms with Crippen molar-refractivity contribution in [1.82, 2.24) is 5.32 Å². The van der Waals surface area contributed by atoms with E-state index < -0.39 is 12.1 Å². The second-order valence-corrected chi connectivity index (χ2v) is 6.29. The lowest BCUT2D eigenvalue weighted by Crippen LogP contribution is -2.40. The van der Waals surface area contributed by atoms with Gasteiger partial charge in [-0.05, 0) is 56.9 Å². The fraction of sp³-hybridized carbons (Fsp3) is 1.00. The molecule has 0 aromatic rings. The molecule has 1 rings (SSSR count). The smallest absolute Gasteiger partial charge is 0.314 e. The van der Waals surface area contributed by atoms with Crippen molar-refractivity contribution in [2.75, 3.05) is 6.54 Å². The fourth-order valence-electron chi connectivity index (χ4n) is 3.13. The highest BCUT2D eigenvalue weighted by atomic mass is 19.4. The first-order valence-corrected chi connectivity index (χ1v) is 7.64. The molecular formula is C15H28F3N. The Bertz CT molecular complexity index is 242. The van der Waals surface area contributed by atoms with Gasteiger partial charge in [-0.15, -0.1) is 0 Å². The van der Waals surface area contributed by atoms with Crippen LogP contribution in [0.5, 0.6) is 0 Å². The number of hydrogen-bond acceptors (Lipinski definition) is 1. The van der Waals surface area contributed by atoms with Crippen LogP contribution in [-0.4, -0.2) is 18.8 Å². The standard InChI is InChI=1S/C15H28F3N/c1-4-19-14(10-5-11(2)3)12-6-8-13(9-7-12)15(16,17)18/h11-14,19H,4-10H2,1-3H3. The maximum atomic E-state index is 12.7. The number of alkyl halides is 3. The van der Waals surface area contributed by atoms with Crippen molar-refractivity contribution in [3.05, 3.63) is 0 Å². The van der Waals surface area contributed by atoms with Crippen LogP contribution in [0.2, 0.25) is 0 Å². The second-order valence-electron chi connectivity index (χ2n) is 6.29. The van der Waals surface area contributed by atoms with E-state index in [1.165, 1.54) is 0 Å². The number of nitrogens with one attached hydrogen (secondary N) is 1. The zero-order valence-corrected chi connectivity index (χ0v) is 12.4. The van der Waals surface area contributed by atoms with Gasteiger partial charge >= 0.3 is 6.18 Å². The van der Waals surface area contributed by atoms with E-state index >= 15 is 0 Å². The molecule has 1 aliphatic rings. The van der Waals surface area contributed by atoms with Gasteiger partial charge < -0.3 is 5.32 Å². The molecule has 1 saturated carbocycles. The molecule has 0 radical (unpaired) electrons. The van der Waals surface area contributed by atoms with Gasteiger partial charge in [0.05, 0.1) is 5.92 Å². The molecule has 114 valence electrons. The topological polar surface area (TPSA) is 12.0 Å². The van der Waals surface area contributed by atoms with Gasteiger partial charge in [-0.2, -0.15) is 13.2 Å². The summed E-state index contributed by atoms with van der Waals surface area (Å²) in [6.07, 6.45) is 0.329. The molecule has 0 amide bonds. The molecule has 0 aliphatic heterocycles. The van der Waals surface area contributed by atoms with Crippen LogP contribution < -0.4 is 5.32 Å². The average molecular weight is 279 g/mol. The first kappa shape index (κ1) is 16.8. The monoisotopic (exact) mass is 279 g/mol. The van der Waals surface area contributed by atoms with Gasteiger partial charge in [0.25, 0.3) is 0 Å². The van der Waals surface area contributed by atoms with Crippen LogP contribution in [-0.2, 0) is 0 Å². The van der Waals surface area contributed by atoms with Crippen molar-refractivity contribution in [2.24, 2.45) is 17.8 Å². The molecule has 0 aromatic heterocycles. The number of halogens is 3. The Morgan fingerprint density at radius 1 is 1.05 bits per heavy atom. The molecule has 1 nitrogen and oxygen atoms in total. The van der Waals surface area contributed by atoms with E-state index in [4.69, 9.17) is 0 Å². The lowest BCUT2D eigenvalue weighted by molar-refractivity contribution is -0.184. The van der Waals surface area contributed by atoms with E-state index in [1.807, 2.05) is 0 Å². The van der Waals surface area contributed by atoms with Crippen LogP contribution in [0.1, 0.15) is 59.3 Å². The molecule has 1 fully saturated rings. The summed E-state index contributed by atoms with van der Waals surface area (Å²) in [6, 6.07) is 0.404. The van der Waals surface area contributed by atoms with Crippen LogP contribution in [0, 0.1) is 17.8 Å². The Hall–Kier alpha value is -0.250. The van der Waals surface area contributed by atoms with Crippen LogP contribution in [0.15, 0.2) is 0 Å². The molecule has 0 bridgehead atoms. The van der Waals surface area contributed by atoms with Gasteiger partial charge in [-0.3, -0.25) is 0 Å². The molecule has 0 heterocycles. The van der Waals surface area contributed by atoms with Gasteiger partial charge in [0, 0.05) is 6.04 Å². The van der Waals surface area contributed by atoms with Crippen molar-refractivity contribution in [3.8, 4) is 0 Å². The van der Waals surface area contributed by atoms with Gasteiger partial charge in [-0.25, -0.2) is 0 Å². The van der Waals surface area contributed by atoms with Crippen molar-refractivity contribution in [2.45, 2.75) is 71.5 Å². The Kier molecular flexibility index (Phi) is 6.64. The number of rotatable bonds is 6. The summed E-state index contributed by atoms with van der Waals surface area (Å²) in [5, 5.41) is 3.48. The minimum atomic E-state index is -3.99. The fourth-order valence-corrected chi connectivity index (χ4v) is 3.13. The van der Waals surface area contributed by atoms with Crippen LogP contribution >= 0.6 is 0 Å². The highest BCUT2D eigenvalue weighted by Gasteiger charge is 2.42. The third-order valence-corrected chi connectivity index (χ3v) is 4.33. The Morgan fingerprint density at radius 3 is 2.05 bits per heavy atom. The summed E-state index contributed by atoms with van der Waals surface area (Å²) < 4.78 is 38.0. The van der Waals surface area contributed by atoms with Gasteiger partial charge in [-0.1, -0.05) is 20.8 Å². The largest absolute Gasteiger partial charge is 0.391 e. The van der Waals surface area contributed by atoms with Gasteiger partial charge in [0.2, 0.25) is 0 Å². The molecule has 19 heavy (non-hydrogen) atoms. The van der Waals surface area contributed by atoms with E-state index in [2.05, 4.69) is 26.1 Å². The van der Waals surface area contributed by atoms with Gasteiger partial charge in [0.15, 0.2) is 0 Å². The summed E-state index contributed by atoms with van der Waals surface area (Å²) in [5.74, 6) is 0.0288. The van der Waals surface area contributed by atoms with E-state index in [0.29, 0.717) is 30.7 Å². The van der Waals surface area contributed by atoms with Crippen LogP contribution in [0.3, 0.4) is 0 Å². The van der Waals surface area contributed by atoms with Crippen molar-refractivity contribution >= 4 is 0 Å². The van der Waals surface area contributed by atoms with Crippen LogP contribution in [0.4, 0.5) is 13.2 Å². The lowest BCUT2D eigenvalue weighted by atomic mass is 9.76. The zero-order valence-electron chi connectivity index (χ0n) is 12.4. The summed E-state index contributed by atoms with van der Waals surface area (Å²) in [7, 11) is 0. The molecule has 0 aromatic carbocycles. The molecule has 4 heteroatoms.